The van der Waals surface area contributed by atoms with Crippen LogP contribution in [0, 0.1) is 0 Å². The number of rotatable bonds is 11. The third-order valence-electron chi connectivity index (χ3n) is 6.68. The SMILES string of the molecule is CC1(c2cc(-c3ccc(CCC(=O)O)cc3)ccc2OCCCCC(=O)NO)CCCCC1. The Balaban J connectivity index is 1.77. The molecule has 1 fully saturated rings. The predicted octanol–water partition coefficient (Wildman–Crippen LogP) is 5.65. The Morgan fingerprint density at radius 3 is 2.33 bits per heavy atom. The number of aryl methyl sites for hydroxylation is 1. The first-order valence-corrected chi connectivity index (χ1v) is 11.9. The molecule has 0 unspecified atom stereocenters. The number of carboxylic acids is 1. The van der Waals surface area contributed by atoms with Gasteiger partial charge in [-0.2, -0.15) is 0 Å². The van der Waals surface area contributed by atoms with Crippen LogP contribution >= 0.6 is 0 Å². The van der Waals surface area contributed by atoms with Gasteiger partial charge in [-0.1, -0.05) is 56.5 Å². The van der Waals surface area contributed by atoms with Crippen LogP contribution in [0.3, 0.4) is 0 Å². The molecule has 1 amide bonds. The molecule has 6 nitrogen and oxygen atoms in total. The summed E-state index contributed by atoms with van der Waals surface area (Å²) in [5.41, 5.74) is 6.24. The first-order valence-electron chi connectivity index (χ1n) is 11.9. The first-order chi connectivity index (χ1) is 15.9. The highest BCUT2D eigenvalue weighted by Crippen LogP contribution is 2.44. The summed E-state index contributed by atoms with van der Waals surface area (Å²) < 4.78 is 6.19. The Hall–Kier alpha value is -2.86. The first kappa shape index (κ1) is 24.8. The molecule has 0 saturated heterocycles. The van der Waals surface area contributed by atoms with Gasteiger partial charge < -0.3 is 9.84 Å². The van der Waals surface area contributed by atoms with Crippen molar-refractivity contribution < 1.29 is 24.6 Å². The van der Waals surface area contributed by atoms with Gasteiger partial charge in [0.25, 0.3) is 0 Å². The largest absolute Gasteiger partial charge is 0.493 e. The molecule has 1 aliphatic rings. The fourth-order valence-corrected chi connectivity index (χ4v) is 4.65. The standard InChI is InChI=1S/C27H35NO5/c1-27(16-4-2-5-17-27)23-19-22(21-11-8-20(9-12-21)10-15-26(30)31)13-14-24(23)33-18-6-3-7-25(29)28-32/h8-9,11-14,19,32H,2-7,10,15-18H2,1H3,(H,28,29)(H,30,31). The van der Waals surface area contributed by atoms with Crippen molar-refractivity contribution in [3.63, 3.8) is 0 Å². The molecule has 0 aliphatic heterocycles. The Morgan fingerprint density at radius 2 is 1.67 bits per heavy atom. The lowest BCUT2D eigenvalue weighted by molar-refractivity contribution is -0.137. The fraction of sp³-hybridized carbons (Fsp3) is 0.481. The number of carbonyl (C=O) groups is 2. The van der Waals surface area contributed by atoms with E-state index in [1.807, 2.05) is 12.1 Å². The summed E-state index contributed by atoms with van der Waals surface area (Å²) in [6, 6.07) is 14.5. The van der Waals surface area contributed by atoms with Crippen LogP contribution in [0.5, 0.6) is 5.75 Å². The molecule has 0 bridgehead atoms. The van der Waals surface area contributed by atoms with Gasteiger partial charge in [0.1, 0.15) is 5.75 Å². The molecule has 0 spiro atoms. The van der Waals surface area contributed by atoms with E-state index in [0.717, 1.165) is 41.7 Å². The van der Waals surface area contributed by atoms with Crippen LogP contribution in [0.25, 0.3) is 11.1 Å². The van der Waals surface area contributed by atoms with E-state index in [0.29, 0.717) is 19.4 Å². The number of amides is 1. The Bertz CT molecular complexity index is 932. The van der Waals surface area contributed by atoms with Gasteiger partial charge in [-0.25, -0.2) is 5.48 Å². The van der Waals surface area contributed by atoms with E-state index in [2.05, 4.69) is 37.3 Å². The second kappa shape index (κ2) is 11.8. The highest BCUT2D eigenvalue weighted by Gasteiger charge is 2.32. The van der Waals surface area contributed by atoms with Crippen molar-refractivity contribution in [3.8, 4) is 16.9 Å². The molecule has 2 aromatic carbocycles. The molecule has 0 radical (unpaired) electrons. The zero-order chi connectivity index (χ0) is 23.7. The highest BCUT2D eigenvalue weighted by molar-refractivity contribution is 5.74. The normalized spacial score (nSPS) is 15.1. The second-order valence-corrected chi connectivity index (χ2v) is 9.26. The molecule has 1 aliphatic carbocycles. The number of carbonyl (C=O) groups excluding carboxylic acids is 1. The van der Waals surface area contributed by atoms with Gasteiger partial charge >= 0.3 is 5.97 Å². The third kappa shape index (κ3) is 7.06. The zero-order valence-corrected chi connectivity index (χ0v) is 19.4. The van der Waals surface area contributed by atoms with Crippen LogP contribution in [-0.2, 0) is 21.4 Å². The number of nitrogens with one attached hydrogen (secondary N) is 1. The molecule has 6 heteroatoms. The molecule has 0 aromatic heterocycles. The number of hydrogen-bond acceptors (Lipinski definition) is 4. The molecule has 1 saturated carbocycles. The van der Waals surface area contributed by atoms with Crippen molar-refractivity contribution in [2.75, 3.05) is 6.61 Å². The topological polar surface area (TPSA) is 95.9 Å². The van der Waals surface area contributed by atoms with Crippen molar-refractivity contribution in [1.29, 1.82) is 0 Å². The molecule has 0 heterocycles. The lowest BCUT2D eigenvalue weighted by Crippen LogP contribution is -2.26. The molecular formula is C27H35NO5. The maximum atomic E-state index is 11.2. The van der Waals surface area contributed by atoms with Crippen molar-refractivity contribution >= 4 is 11.9 Å². The lowest BCUT2D eigenvalue weighted by Gasteiger charge is -2.35. The molecule has 3 rings (SSSR count). The molecule has 33 heavy (non-hydrogen) atoms. The number of ether oxygens (including phenoxy) is 1. The van der Waals surface area contributed by atoms with E-state index in [-0.39, 0.29) is 24.2 Å². The molecular weight excluding hydrogens is 418 g/mol. The van der Waals surface area contributed by atoms with Crippen molar-refractivity contribution in [2.24, 2.45) is 0 Å². The number of hydrogen-bond donors (Lipinski definition) is 3. The van der Waals surface area contributed by atoms with Gasteiger partial charge in [0.2, 0.25) is 5.91 Å². The minimum atomic E-state index is -0.781. The minimum absolute atomic E-state index is 0.0712. The lowest BCUT2D eigenvalue weighted by atomic mass is 9.70. The van der Waals surface area contributed by atoms with E-state index in [1.165, 1.54) is 24.8 Å². The van der Waals surface area contributed by atoms with Crippen LogP contribution in [0.1, 0.15) is 75.8 Å². The van der Waals surface area contributed by atoms with Crippen LogP contribution in [-0.4, -0.2) is 28.8 Å². The summed E-state index contributed by atoms with van der Waals surface area (Å²) in [4.78, 5) is 22.0. The fourth-order valence-electron chi connectivity index (χ4n) is 4.65. The van der Waals surface area contributed by atoms with Crippen LogP contribution < -0.4 is 10.2 Å². The third-order valence-corrected chi connectivity index (χ3v) is 6.68. The van der Waals surface area contributed by atoms with Crippen LogP contribution in [0.2, 0.25) is 0 Å². The van der Waals surface area contributed by atoms with Crippen molar-refractivity contribution in [1.82, 2.24) is 5.48 Å². The molecule has 2 aromatic rings. The van der Waals surface area contributed by atoms with E-state index in [1.54, 1.807) is 5.48 Å². The van der Waals surface area contributed by atoms with Crippen molar-refractivity contribution in [3.05, 3.63) is 53.6 Å². The Labute approximate surface area is 195 Å². The van der Waals surface area contributed by atoms with E-state index < -0.39 is 5.97 Å². The number of unbranched alkanes of at least 4 members (excludes halogenated alkanes) is 1. The summed E-state index contributed by atoms with van der Waals surface area (Å²) in [5, 5.41) is 17.5. The van der Waals surface area contributed by atoms with E-state index >= 15 is 0 Å². The Morgan fingerprint density at radius 1 is 0.970 bits per heavy atom. The van der Waals surface area contributed by atoms with Gasteiger partial charge in [-0.15, -0.1) is 0 Å². The van der Waals surface area contributed by atoms with Gasteiger partial charge in [0.05, 0.1) is 6.61 Å². The number of aliphatic carboxylic acids is 1. The van der Waals surface area contributed by atoms with Gasteiger partial charge in [0, 0.05) is 18.4 Å². The zero-order valence-electron chi connectivity index (χ0n) is 19.4. The Kier molecular flexibility index (Phi) is 8.89. The maximum Gasteiger partial charge on any atom is 0.303 e. The van der Waals surface area contributed by atoms with E-state index in [4.69, 9.17) is 15.1 Å². The second-order valence-electron chi connectivity index (χ2n) is 9.26. The monoisotopic (exact) mass is 453 g/mol. The number of benzene rings is 2. The summed E-state index contributed by atoms with van der Waals surface area (Å²) in [6.07, 6.45) is 8.33. The van der Waals surface area contributed by atoms with Crippen LogP contribution in [0.15, 0.2) is 42.5 Å². The van der Waals surface area contributed by atoms with Crippen LogP contribution in [0.4, 0.5) is 0 Å². The maximum absolute atomic E-state index is 11.2. The van der Waals surface area contributed by atoms with Crippen molar-refractivity contribution in [2.45, 2.75) is 76.5 Å². The summed E-state index contributed by atoms with van der Waals surface area (Å²) in [5.74, 6) is -0.242. The summed E-state index contributed by atoms with van der Waals surface area (Å²) in [7, 11) is 0. The smallest absolute Gasteiger partial charge is 0.303 e. The predicted molar refractivity (Wildman–Crippen MR) is 128 cm³/mol. The number of hydroxylamine groups is 1. The summed E-state index contributed by atoms with van der Waals surface area (Å²) >= 11 is 0. The highest BCUT2D eigenvalue weighted by atomic mass is 16.5. The summed E-state index contributed by atoms with van der Waals surface area (Å²) in [6.45, 7) is 2.86. The number of carboxylic acid groups (broad SMARTS) is 1. The quantitative estimate of drug-likeness (QED) is 0.232. The van der Waals surface area contributed by atoms with Gasteiger partial charge in [-0.05, 0) is 66.3 Å². The molecule has 0 atom stereocenters. The average Bonchev–Trinajstić information content (AvgIpc) is 2.83. The van der Waals surface area contributed by atoms with Gasteiger partial charge in [-0.3, -0.25) is 14.8 Å². The average molecular weight is 454 g/mol. The molecule has 178 valence electrons. The van der Waals surface area contributed by atoms with Gasteiger partial charge in [0.15, 0.2) is 0 Å². The molecule has 3 N–H and O–H groups in total. The van der Waals surface area contributed by atoms with E-state index in [9.17, 15) is 9.59 Å². The minimum Gasteiger partial charge on any atom is -0.493 e.